The van der Waals surface area contributed by atoms with Crippen molar-refractivity contribution in [3.8, 4) is 11.5 Å². The minimum absolute atomic E-state index is 0. The van der Waals surface area contributed by atoms with E-state index in [1.807, 2.05) is 36.4 Å². The fourth-order valence-electron chi connectivity index (χ4n) is 2.44. The summed E-state index contributed by atoms with van der Waals surface area (Å²) in [5.41, 5.74) is 1.96. The molecule has 0 fully saturated rings. The van der Waals surface area contributed by atoms with Crippen LogP contribution in [0.3, 0.4) is 0 Å². The summed E-state index contributed by atoms with van der Waals surface area (Å²) >= 11 is 0. The van der Waals surface area contributed by atoms with E-state index in [0.717, 1.165) is 11.1 Å². The number of aromatic hydroxyl groups is 1. The molecule has 2 rings (SSSR count). The third-order valence-electron chi connectivity index (χ3n) is 3.98. The Bertz CT molecular complexity index is 768. The molecule has 0 atom stereocenters. The van der Waals surface area contributed by atoms with E-state index < -0.39 is 10.1 Å². The summed E-state index contributed by atoms with van der Waals surface area (Å²) in [6.45, 7) is 4.42. The molecule has 2 N–H and O–H groups in total. The van der Waals surface area contributed by atoms with E-state index in [-0.39, 0.29) is 59.5 Å². The topological polar surface area (TPSA) is 83.8 Å². The van der Waals surface area contributed by atoms with Crippen molar-refractivity contribution in [2.24, 2.45) is 0 Å². The summed E-state index contributed by atoms with van der Waals surface area (Å²) in [7, 11) is -3.94. The monoisotopic (exact) mass is 374 g/mol. The summed E-state index contributed by atoms with van der Waals surface area (Å²) in [6, 6.07) is 14.7. The Hall–Kier alpha value is -1.05. The Morgan fingerprint density at radius 1 is 0.960 bits per heavy atom. The molecule has 0 spiro atoms. The Kier molecular flexibility index (Phi) is 7.96. The molecule has 0 aromatic heterocycles. The van der Waals surface area contributed by atoms with Crippen LogP contribution in [0.25, 0.3) is 0 Å². The van der Waals surface area contributed by atoms with Crippen LogP contribution >= 0.6 is 0 Å². The van der Waals surface area contributed by atoms with E-state index in [2.05, 4.69) is 13.8 Å². The van der Waals surface area contributed by atoms with Gasteiger partial charge in [-0.2, -0.15) is 8.42 Å². The number of phenolic OH excluding ortho intramolecular Hbond substituents is 1. The van der Waals surface area contributed by atoms with Crippen LogP contribution in [0.5, 0.6) is 11.5 Å². The van der Waals surface area contributed by atoms with Crippen molar-refractivity contribution >= 4 is 39.7 Å². The molecule has 2 aromatic rings. The number of hydrogen-bond donors (Lipinski definition) is 2. The van der Waals surface area contributed by atoms with Crippen LogP contribution in [0, 0.1) is 0 Å². The molecule has 0 heterocycles. The van der Waals surface area contributed by atoms with Gasteiger partial charge in [-0.05, 0) is 41.8 Å². The first-order valence-electron chi connectivity index (χ1n) is 7.66. The average Bonchev–Trinajstić information content (AvgIpc) is 2.51. The van der Waals surface area contributed by atoms with Crippen molar-refractivity contribution in [2.75, 3.05) is 12.4 Å². The fourth-order valence-corrected chi connectivity index (χ4v) is 2.93. The van der Waals surface area contributed by atoms with Crippen LogP contribution < -0.4 is 4.74 Å². The second kappa shape index (κ2) is 9.05. The van der Waals surface area contributed by atoms with Crippen molar-refractivity contribution in [1.29, 1.82) is 0 Å². The van der Waals surface area contributed by atoms with Gasteiger partial charge in [0.15, 0.2) is 0 Å². The number of benzene rings is 2. The van der Waals surface area contributed by atoms with Gasteiger partial charge >= 0.3 is 29.6 Å². The molecule has 0 radical (unpaired) electrons. The fraction of sp³-hybridized carbons (Fsp3) is 0.333. The number of ether oxygens (including phenoxy) is 1. The Balaban J connectivity index is 0.00000312. The molecule has 0 aliphatic rings. The molecule has 0 saturated heterocycles. The van der Waals surface area contributed by atoms with Gasteiger partial charge in [-0.15, -0.1) is 0 Å². The van der Waals surface area contributed by atoms with Gasteiger partial charge in [0.1, 0.15) is 11.5 Å². The second-order valence-electron chi connectivity index (χ2n) is 6.18. The zero-order valence-electron chi connectivity index (χ0n) is 13.8. The molecule has 0 aliphatic carbocycles. The van der Waals surface area contributed by atoms with Gasteiger partial charge in [-0.3, -0.25) is 4.55 Å². The quantitative estimate of drug-likeness (QED) is 0.442. The molecule has 0 aliphatic heterocycles. The summed E-state index contributed by atoms with van der Waals surface area (Å²) in [5, 5.41) is 9.41. The summed E-state index contributed by atoms with van der Waals surface area (Å²) in [4.78, 5) is 0. The third-order valence-corrected chi connectivity index (χ3v) is 4.78. The first-order chi connectivity index (χ1) is 11.2. The predicted molar refractivity (Wildman–Crippen MR) is 100 cm³/mol. The van der Waals surface area contributed by atoms with E-state index in [0.29, 0.717) is 5.75 Å². The van der Waals surface area contributed by atoms with Crippen molar-refractivity contribution in [3.05, 3.63) is 59.7 Å². The number of hydrogen-bond acceptors (Lipinski definition) is 4. The maximum absolute atomic E-state index is 10.6. The van der Waals surface area contributed by atoms with E-state index >= 15 is 0 Å². The van der Waals surface area contributed by atoms with Crippen molar-refractivity contribution in [1.82, 2.24) is 0 Å². The van der Waals surface area contributed by atoms with Gasteiger partial charge in [0.2, 0.25) is 0 Å². The zero-order valence-corrected chi connectivity index (χ0v) is 14.6. The maximum atomic E-state index is 10.6. The molecule has 7 heteroatoms. The van der Waals surface area contributed by atoms with Gasteiger partial charge in [-0.1, -0.05) is 38.1 Å². The van der Waals surface area contributed by atoms with Crippen LogP contribution in [-0.4, -0.2) is 60.0 Å². The molecule has 0 unspecified atom stereocenters. The summed E-state index contributed by atoms with van der Waals surface area (Å²) < 4.78 is 35.4. The Labute approximate surface area is 171 Å². The molecule has 5 nitrogen and oxygen atoms in total. The van der Waals surface area contributed by atoms with E-state index in [1.165, 1.54) is 0 Å². The van der Waals surface area contributed by atoms with Crippen LogP contribution in [0.4, 0.5) is 0 Å². The molecule has 132 valence electrons. The van der Waals surface area contributed by atoms with Crippen molar-refractivity contribution < 1.29 is 22.8 Å². The summed E-state index contributed by atoms with van der Waals surface area (Å²) in [6.07, 6.45) is 0.236. The van der Waals surface area contributed by atoms with Crippen molar-refractivity contribution in [3.63, 3.8) is 0 Å². The van der Waals surface area contributed by atoms with E-state index in [1.54, 1.807) is 12.1 Å². The van der Waals surface area contributed by atoms with Crippen LogP contribution in [0.15, 0.2) is 48.5 Å². The minimum atomic E-state index is -3.94. The van der Waals surface area contributed by atoms with Crippen LogP contribution in [-0.2, 0) is 15.5 Å². The standard InChI is InChI=1S/C18H22O5S.Na.H/c1-18(2,14-4-8-16(19)9-5-14)15-6-10-17(11-7-15)23-12-3-13-24(20,21)22;;/h4-11,19H,3,12-13H2,1-2H3,(H,20,21,22);;. The van der Waals surface area contributed by atoms with Gasteiger partial charge in [0.25, 0.3) is 10.1 Å². The molecule has 0 saturated carbocycles. The number of phenols is 1. The van der Waals surface area contributed by atoms with Gasteiger partial charge in [0, 0.05) is 5.41 Å². The first-order valence-corrected chi connectivity index (χ1v) is 9.27. The van der Waals surface area contributed by atoms with Gasteiger partial charge in [-0.25, -0.2) is 0 Å². The third kappa shape index (κ3) is 6.64. The van der Waals surface area contributed by atoms with Gasteiger partial charge in [0.05, 0.1) is 12.4 Å². The van der Waals surface area contributed by atoms with E-state index in [9.17, 15) is 13.5 Å². The average molecular weight is 374 g/mol. The zero-order chi connectivity index (χ0) is 17.8. The molecular weight excluding hydrogens is 351 g/mol. The molecule has 2 aromatic carbocycles. The van der Waals surface area contributed by atoms with E-state index in [4.69, 9.17) is 9.29 Å². The molecule has 0 amide bonds. The van der Waals surface area contributed by atoms with Crippen LogP contribution in [0.2, 0.25) is 0 Å². The molecule has 0 bridgehead atoms. The normalized spacial score (nSPS) is 11.6. The Morgan fingerprint density at radius 3 is 1.92 bits per heavy atom. The molecule has 25 heavy (non-hydrogen) atoms. The first kappa shape index (κ1) is 22.0. The van der Waals surface area contributed by atoms with Crippen LogP contribution in [0.1, 0.15) is 31.4 Å². The SMILES string of the molecule is CC(C)(c1ccc(O)cc1)c1ccc(OCCCS(=O)(=O)O)cc1.[NaH]. The summed E-state index contributed by atoms with van der Waals surface area (Å²) in [5.74, 6) is 0.581. The predicted octanol–water partition coefficient (Wildman–Crippen LogP) is 2.73. The second-order valence-corrected chi connectivity index (χ2v) is 7.76. The molecular formula is C18H23NaO5S. The Morgan fingerprint density at radius 2 is 1.44 bits per heavy atom. The van der Waals surface area contributed by atoms with Gasteiger partial charge < -0.3 is 9.84 Å². The van der Waals surface area contributed by atoms with Crippen molar-refractivity contribution in [2.45, 2.75) is 25.7 Å². The number of rotatable bonds is 7.